The van der Waals surface area contributed by atoms with E-state index in [1.54, 1.807) is 18.9 Å². The number of carbonyl (C=O) groups is 2. The molecule has 0 saturated carbocycles. The molecule has 0 aromatic heterocycles. The van der Waals surface area contributed by atoms with Crippen molar-refractivity contribution in [1.29, 1.82) is 0 Å². The van der Waals surface area contributed by atoms with E-state index in [0.717, 1.165) is 15.0 Å². The molecule has 1 amide bonds. The number of ether oxygens (including phenoxy) is 1. The van der Waals surface area contributed by atoms with Gasteiger partial charge >= 0.3 is 0 Å². The molecular formula is C14H16INO3S. The van der Waals surface area contributed by atoms with Crippen LogP contribution in [0, 0.1) is 9.49 Å². The molecule has 1 heterocycles. The molecule has 1 aromatic carbocycles. The molecule has 1 fully saturated rings. The largest absolute Gasteiger partial charge is 0.496 e. The van der Waals surface area contributed by atoms with Crippen molar-refractivity contribution in [3.63, 3.8) is 0 Å². The zero-order chi connectivity index (χ0) is 14.7. The summed E-state index contributed by atoms with van der Waals surface area (Å²) >= 11 is 3.50. The number of methoxy groups -OCH3 is 1. The summed E-state index contributed by atoms with van der Waals surface area (Å²) in [5.41, 5.74) is 0.899. The highest BCUT2D eigenvalue weighted by atomic mass is 127. The number of carbonyl (C=O) groups excluding carboxylic acids is 2. The fourth-order valence-corrected chi connectivity index (χ4v) is 3.61. The molecule has 0 aliphatic carbocycles. The van der Waals surface area contributed by atoms with Crippen LogP contribution in [0.1, 0.15) is 13.3 Å². The minimum absolute atomic E-state index is 0.106. The molecule has 6 heteroatoms. The van der Waals surface area contributed by atoms with E-state index in [4.69, 9.17) is 4.74 Å². The second kappa shape index (κ2) is 6.80. The van der Waals surface area contributed by atoms with E-state index in [0.29, 0.717) is 18.7 Å². The van der Waals surface area contributed by atoms with Crippen LogP contribution in [0.2, 0.25) is 0 Å². The van der Waals surface area contributed by atoms with Crippen molar-refractivity contribution in [2.45, 2.75) is 13.3 Å². The molecule has 1 aromatic rings. The summed E-state index contributed by atoms with van der Waals surface area (Å²) < 4.78 is 6.21. The molecule has 0 bridgehead atoms. The topological polar surface area (TPSA) is 46.6 Å². The Bertz CT molecular complexity index is 535. The highest BCUT2D eigenvalue weighted by Crippen LogP contribution is 2.31. The number of nitrogens with zero attached hydrogens (tertiary/aromatic N) is 1. The Labute approximate surface area is 136 Å². The van der Waals surface area contributed by atoms with Gasteiger partial charge in [-0.3, -0.25) is 9.59 Å². The quantitative estimate of drug-likeness (QED) is 0.723. The number of hydrogen-bond acceptors (Lipinski definition) is 4. The molecule has 2 rings (SSSR count). The van der Waals surface area contributed by atoms with Gasteiger partial charge in [-0.25, -0.2) is 0 Å². The third kappa shape index (κ3) is 3.66. The van der Waals surface area contributed by atoms with Crippen LogP contribution in [0.3, 0.4) is 0 Å². The highest BCUT2D eigenvalue weighted by Gasteiger charge is 2.31. The van der Waals surface area contributed by atoms with E-state index in [2.05, 4.69) is 22.6 Å². The summed E-state index contributed by atoms with van der Waals surface area (Å²) in [4.78, 5) is 24.9. The number of amides is 1. The fraction of sp³-hybridized carbons (Fsp3) is 0.429. The molecule has 0 radical (unpaired) electrons. The molecule has 1 unspecified atom stereocenters. The molecule has 20 heavy (non-hydrogen) atoms. The maximum absolute atomic E-state index is 12.1. The maximum atomic E-state index is 12.1. The molecule has 1 aliphatic rings. The molecule has 4 nitrogen and oxygen atoms in total. The average Bonchev–Trinajstić information content (AvgIpc) is 2.77. The lowest BCUT2D eigenvalue weighted by atomic mass is 10.1. The Morgan fingerprint density at radius 1 is 1.55 bits per heavy atom. The Hall–Kier alpha value is -0.760. The van der Waals surface area contributed by atoms with Crippen LogP contribution >= 0.6 is 34.4 Å². The van der Waals surface area contributed by atoms with E-state index in [9.17, 15) is 9.59 Å². The van der Waals surface area contributed by atoms with Crippen LogP contribution in [-0.2, 0) is 9.59 Å². The first kappa shape index (κ1) is 15.6. The first-order chi connectivity index (χ1) is 9.51. The minimum atomic E-state index is 0.106. The Balaban J connectivity index is 2.07. The summed E-state index contributed by atoms with van der Waals surface area (Å²) in [5.74, 6) is 1.89. The van der Waals surface area contributed by atoms with Crippen molar-refractivity contribution in [2.75, 3.05) is 24.3 Å². The Morgan fingerprint density at radius 2 is 2.30 bits per heavy atom. The van der Waals surface area contributed by atoms with E-state index >= 15 is 0 Å². The number of thioether (sulfide) groups is 1. The van der Waals surface area contributed by atoms with Crippen molar-refractivity contribution in [3.05, 3.63) is 21.8 Å². The monoisotopic (exact) mass is 405 g/mol. The second-order valence-electron chi connectivity index (χ2n) is 4.70. The van der Waals surface area contributed by atoms with Crippen molar-refractivity contribution in [3.8, 4) is 5.75 Å². The fourth-order valence-electron chi connectivity index (χ4n) is 2.20. The van der Waals surface area contributed by atoms with E-state index < -0.39 is 0 Å². The molecule has 1 atom stereocenters. The average molecular weight is 405 g/mol. The predicted molar refractivity (Wildman–Crippen MR) is 89.3 cm³/mol. The standard InChI is InChI=1S/C14H16INO3S/c1-9(17)20-8-10-5-14(18)16(7-10)11-3-4-13(19-2)12(15)6-11/h3-4,6,10H,5,7-8H2,1-2H3. The summed E-state index contributed by atoms with van der Waals surface area (Å²) in [5, 5.41) is 0.106. The normalized spacial score (nSPS) is 18.4. The van der Waals surface area contributed by atoms with Crippen LogP contribution in [0.4, 0.5) is 5.69 Å². The third-order valence-corrected chi connectivity index (χ3v) is 5.06. The third-order valence-electron chi connectivity index (χ3n) is 3.17. The summed E-state index contributed by atoms with van der Waals surface area (Å²) in [6, 6.07) is 5.74. The van der Waals surface area contributed by atoms with Crippen LogP contribution in [0.15, 0.2) is 18.2 Å². The van der Waals surface area contributed by atoms with Gasteiger partial charge in [-0.05, 0) is 46.7 Å². The van der Waals surface area contributed by atoms with Gasteiger partial charge in [-0.2, -0.15) is 0 Å². The van der Waals surface area contributed by atoms with Gasteiger partial charge in [-0.15, -0.1) is 0 Å². The van der Waals surface area contributed by atoms with Gasteiger partial charge in [0.15, 0.2) is 5.12 Å². The first-order valence-corrected chi connectivity index (χ1v) is 8.35. The van der Waals surface area contributed by atoms with Crippen LogP contribution in [-0.4, -0.2) is 30.4 Å². The summed E-state index contributed by atoms with van der Waals surface area (Å²) in [7, 11) is 1.63. The summed E-state index contributed by atoms with van der Waals surface area (Å²) in [6.45, 7) is 2.24. The van der Waals surface area contributed by atoms with E-state index in [-0.39, 0.29) is 16.9 Å². The predicted octanol–water partition coefficient (Wildman–Crippen LogP) is 2.93. The van der Waals surface area contributed by atoms with Gasteiger partial charge in [0.25, 0.3) is 0 Å². The number of hydrogen-bond donors (Lipinski definition) is 0. The number of rotatable bonds is 4. The van der Waals surface area contributed by atoms with Crippen LogP contribution in [0.25, 0.3) is 0 Å². The van der Waals surface area contributed by atoms with Crippen LogP contribution in [0.5, 0.6) is 5.75 Å². The lowest BCUT2D eigenvalue weighted by Crippen LogP contribution is -2.24. The smallest absolute Gasteiger partial charge is 0.227 e. The summed E-state index contributed by atoms with van der Waals surface area (Å²) in [6.07, 6.45) is 0.517. The van der Waals surface area contributed by atoms with Gasteiger partial charge in [0.2, 0.25) is 5.91 Å². The van der Waals surface area contributed by atoms with Gasteiger partial charge in [0.1, 0.15) is 5.75 Å². The van der Waals surface area contributed by atoms with Crippen LogP contribution < -0.4 is 9.64 Å². The lowest BCUT2D eigenvalue weighted by Gasteiger charge is -2.17. The highest BCUT2D eigenvalue weighted by molar-refractivity contribution is 14.1. The van der Waals surface area contributed by atoms with Gasteiger partial charge < -0.3 is 9.64 Å². The van der Waals surface area contributed by atoms with Crippen molar-refractivity contribution in [2.24, 2.45) is 5.92 Å². The minimum Gasteiger partial charge on any atom is -0.496 e. The molecule has 0 spiro atoms. The van der Waals surface area contributed by atoms with Gasteiger partial charge in [0.05, 0.1) is 10.7 Å². The van der Waals surface area contributed by atoms with Gasteiger partial charge in [0, 0.05) is 31.3 Å². The molecule has 1 saturated heterocycles. The molecule has 1 aliphatic heterocycles. The second-order valence-corrected chi connectivity index (χ2v) is 7.06. The Morgan fingerprint density at radius 3 is 2.90 bits per heavy atom. The molecule has 0 N–H and O–H groups in total. The van der Waals surface area contributed by atoms with Crippen molar-refractivity contribution in [1.82, 2.24) is 0 Å². The molecule has 108 valence electrons. The van der Waals surface area contributed by atoms with Crippen molar-refractivity contribution >= 4 is 51.1 Å². The first-order valence-electron chi connectivity index (χ1n) is 6.28. The van der Waals surface area contributed by atoms with Crippen molar-refractivity contribution < 1.29 is 14.3 Å². The Kier molecular flexibility index (Phi) is 5.31. The van der Waals surface area contributed by atoms with Gasteiger partial charge in [-0.1, -0.05) is 11.8 Å². The zero-order valence-corrected chi connectivity index (χ0v) is 14.4. The number of benzene rings is 1. The van der Waals surface area contributed by atoms with E-state index in [1.165, 1.54) is 11.8 Å². The number of halogens is 1. The lowest BCUT2D eigenvalue weighted by molar-refractivity contribution is -0.117. The molecular weight excluding hydrogens is 389 g/mol. The SMILES string of the molecule is COc1ccc(N2CC(CSC(C)=O)CC2=O)cc1I. The maximum Gasteiger partial charge on any atom is 0.227 e. The zero-order valence-electron chi connectivity index (χ0n) is 11.4. The van der Waals surface area contributed by atoms with E-state index in [1.807, 2.05) is 18.2 Å². The number of anilines is 1.